The number of anilines is 1. The largest absolute Gasteiger partial charge is 0.317 e. The van der Waals surface area contributed by atoms with E-state index in [0.29, 0.717) is 11.3 Å². The molecule has 7 nitrogen and oxygen atoms in total. The molecule has 0 aromatic carbocycles. The van der Waals surface area contributed by atoms with Crippen LogP contribution in [0.25, 0.3) is 5.65 Å². The molecular formula is C13H11N5O2. The van der Waals surface area contributed by atoms with E-state index in [1.165, 1.54) is 12.1 Å². The molecule has 3 heterocycles. The molecule has 0 aliphatic rings. The van der Waals surface area contributed by atoms with Gasteiger partial charge in [-0.3, -0.25) is 9.59 Å². The number of amides is 1. The van der Waals surface area contributed by atoms with Gasteiger partial charge in [0.1, 0.15) is 5.69 Å². The fraction of sp³-hybridized carbons (Fsp3) is 0.0769. The highest BCUT2D eigenvalue weighted by atomic mass is 16.2. The summed E-state index contributed by atoms with van der Waals surface area (Å²) in [5, 5.41) is 8.63. The van der Waals surface area contributed by atoms with Crippen LogP contribution < -0.4 is 10.9 Å². The fourth-order valence-electron chi connectivity index (χ4n) is 1.89. The lowest BCUT2D eigenvalue weighted by molar-refractivity contribution is 0.102. The molecule has 3 aromatic rings. The van der Waals surface area contributed by atoms with Crippen molar-refractivity contribution in [1.29, 1.82) is 0 Å². The Morgan fingerprint density at radius 2 is 2.20 bits per heavy atom. The van der Waals surface area contributed by atoms with Crippen LogP contribution in [0, 0.1) is 6.92 Å². The van der Waals surface area contributed by atoms with Gasteiger partial charge in [-0.2, -0.15) is 5.10 Å². The molecule has 0 bridgehead atoms. The topological polar surface area (TPSA) is 92.2 Å². The van der Waals surface area contributed by atoms with Crippen LogP contribution in [0.15, 0.2) is 41.5 Å². The van der Waals surface area contributed by atoms with Crippen molar-refractivity contribution in [2.24, 2.45) is 0 Å². The summed E-state index contributed by atoms with van der Waals surface area (Å²) in [6.45, 7) is 1.88. The van der Waals surface area contributed by atoms with Gasteiger partial charge in [0.2, 0.25) is 0 Å². The van der Waals surface area contributed by atoms with E-state index in [0.717, 1.165) is 5.69 Å². The molecule has 0 aliphatic carbocycles. The van der Waals surface area contributed by atoms with E-state index in [4.69, 9.17) is 0 Å². The number of nitrogens with zero attached hydrogens (tertiary/aromatic N) is 3. The van der Waals surface area contributed by atoms with Crippen LogP contribution in [0.2, 0.25) is 0 Å². The minimum absolute atomic E-state index is 0.134. The molecule has 3 rings (SSSR count). The average Bonchev–Trinajstić information content (AvgIpc) is 2.81. The van der Waals surface area contributed by atoms with Gasteiger partial charge in [0.15, 0.2) is 5.65 Å². The molecule has 7 heteroatoms. The Labute approximate surface area is 113 Å². The first kappa shape index (κ1) is 12.1. The second-order valence-corrected chi connectivity index (χ2v) is 4.30. The number of aromatic nitrogens is 4. The van der Waals surface area contributed by atoms with Crippen molar-refractivity contribution >= 4 is 17.2 Å². The summed E-state index contributed by atoms with van der Waals surface area (Å²) in [5.41, 5.74) is 1.87. The zero-order valence-corrected chi connectivity index (χ0v) is 10.6. The molecule has 0 radical (unpaired) electrons. The van der Waals surface area contributed by atoms with Crippen LogP contribution >= 0.6 is 0 Å². The van der Waals surface area contributed by atoms with Gasteiger partial charge < -0.3 is 9.72 Å². The van der Waals surface area contributed by atoms with E-state index in [9.17, 15) is 9.59 Å². The number of aryl methyl sites for hydroxylation is 1. The third-order valence-corrected chi connectivity index (χ3v) is 2.76. The molecule has 0 fully saturated rings. The molecular weight excluding hydrogens is 258 g/mol. The van der Waals surface area contributed by atoms with Gasteiger partial charge in [0.05, 0.1) is 11.4 Å². The Kier molecular flexibility index (Phi) is 2.79. The number of hydrogen-bond donors (Lipinski definition) is 2. The van der Waals surface area contributed by atoms with E-state index < -0.39 is 5.91 Å². The maximum atomic E-state index is 12.0. The van der Waals surface area contributed by atoms with Crippen LogP contribution in [-0.4, -0.2) is 25.5 Å². The number of rotatable bonds is 2. The maximum absolute atomic E-state index is 12.0. The second kappa shape index (κ2) is 4.61. The zero-order chi connectivity index (χ0) is 14.1. The van der Waals surface area contributed by atoms with Crippen molar-refractivity contribution in [1.82, 2.24) is 19.6 Å². The molecule has 0 aliphatic heterocycles. The predicted octanol–water partition coefficient (Wildman–Crippen LogP) is 0.978. The standard InChI is InChI=1S/C13H11N5O2/c1-8-7-18-6-2-3-9(12(18)14-8)15-13(20)10-4-5-11(19)17-16-10/h2-7H,1H3,(H,15,20)(H,17,19). The lowest BCUT2D eigenvalue weighted by Gasteiger charge is -2.05. The molecule has 0 saturated heterocycles. The van der Waals surface area contributed by atoms with E-state index in [-0.39, 0.29) is 11.3 Å². The van der Waals surface area contributed by atoms with Crippen molar-refractivity contribution in [3.63, 3.8) is 0 Å². The minimum atomic E-state index is -0.407. The number of hydrogen-bond acceptors (Lipinski definition) is 4. The van der Waals surface area contributed by atoms with E-state index in [2.05, 4.69) is 20.5 Å². The first-order valence-electron chi connectivity index (χ1n) is 5.95. The van der Waals surface area contributed by atoms with Crippen molar-refractivity contribution in [2.75, 3.05) is 5.32 Å². The van der Waals surface area contributed by atoms with E-state index in [1.54, 1.807) is 6.07 Å². The average molecular weight is 269 g/mol. The van der Waals surface area contributed by atoms with Crippen LogP contribution in [-0.2, 0) is 0 Å². The van der Waals surface area contributed by atoms with Crippen molar-refractivity contribution in [3.05, 3.63) is 58.4 Å². The molecule has 3 aromatic heterocycles. The molecule has 2 N–H and O–H groups in total. The number of H-pyrrole nitrogens is 1. The maximum Gasteiger partial charge on any atom is 0.276 e. The van der Waals surface area contributed by atoms with Crippen LogP contribution in [0.1, 0.15) is 16.2 Å². The van der Waals surface area contributed by atoms with Gasteiger partial charge in [-0.25, -0.2) is 10.1 Å². The molecule has 0 saturated carbocycles. The number of fused-ring (bicyclic) bond motifs is 1. The Bertz CT molecular complexity index is 829. The third kappa shape index (κ3) is 2.16. The van der Waals surface area contributed by atoms with Crippen LogP contribution in [0.4, 0.5) is 5.69 Å². The molecule has 1 amide bonds. The van der Waals surface area contributed by atoms with Gasteiger partial charge in [-0.15, -0.1) is 0 Å². The number of aromatic amines is 1. The van der Waals surface area contributed by atoms with Crippen molar-refractivity contribution in [3.8, 4) is 0 Å². The minimum Gasteiger partial charge on any atom is -0.317 e. The lowest BCUT2D eigenvalue weighted by atomic mass is 10.3. The summed E-state index contributed by atoms with van der Waals surface area (Å²) in [4.78, 5) is 27.3. The summed E-state index contributed by atoms with van der Waals surface area (Å²) in [6.07, 6.45) is 3.71. The number of carbonyl (C=O) groups is 1. The quantitative estimate of drug-likeness (QED) is 0.725. The highest BCUT2D eigenvalue weighted by molar-refractivity contribution is 6.04. The Hall–Kier alpha value is -2.96. The van der Waals surface area contributed by atoms with Crippen LogP contribution in [0.3, 0.4) is 0 Å². The monoisotopic (exact) mass is 269 g/mol. The first-order valence-corrected chi connectivity index (χ1v) is 5.95. The summed E-state index contributed by atoms with van der Waals surface area (Å²) in [7, 11) is 0. The summed E-state index contributed by atoms with van der Waals surface area (Å²) < 4.78 is 1.82. The second-order valence-electron chi connectivity index (χ2n) is 4.30. The van der Waals surface area contributed by atoms with Gasteiger partial charge in [-0.1, -0.05) is 0 Å². The summed E-state index contributed by atoms with van der Waals surface area (Å²) in [6, 6.07) is 6.18. The van der Waals surface area contributed by atoms with E-state index in [1.807, 2.05) is 29.8 Å². The Morgan fingerprint density at radius 1 is 1.35 bits per heavy atom. The highest BCUT2D eigenvalue weighted by Gasteiger charge is 2.11. The molecule has 0 unspecified atom stereocenters. The normalized spacial score (nSPS) is 10.7. The lowest BCUT2D eigenvalue weighted by Crippen LogP contribution is -2.17. The number of pyridine rings is 1. The van der Waals surface area contributed by atoms with Gasteiger partial charge >= 0.3 is 0 Å². The van der Waals surface area contributed by atoms with Crippen LogP contribution in [0.5, 0.6) is 0 Å². The van der Waals surface area contributed by atoms with Crippen molar-refractivity contribution in [2.45, 2.75) is 6.92 Å². The number of carbonyl (C=O) groups excluding carboxylic acids is 1. The molecule has 100 valence electrons. The molecule has 0 atom stereocenters. The fourth-order valence-corrected chi connectivity index (χ4v) is 1.89. The van der Waals surface area contributed by atoms with Gasteiger partial charge in [0.25, 0.3) is 11.5 Å². The zero-order valence-electron chi connectivity index (χ0n) is 10.6. The first-order chi connectivity index (χ1) is 9.63. The molecule has 20 heavy (non-hydrogen) atoms. The molecule has 0 spiro atoms. The smallest absolute Gasteiger partial charge is 0.276 e. The Balaban J connectivity index is 1.94. The SMILES string of the molecule is Cc1cn2cccc(NC(=O)c3ccc(=O)[nH]n3)c2n1. The van der Waals surface area contributed by atoms with Crippen molar-refractivity contribution < 1.29 is 4.79 Å². The highest BCUT2D eigenvalue weighted by Crippen LogP contribution is 2.16. The Morgan fingerprint density at radius 3 is 2.95 bits per heavy atom. The van der Waals surface area contributed by atoms with Gasteiger partial charge in [-0.05, 0) is 25.1 Å². The summed E-state index contributed by atoms with van der Waals surface area (Å²) in [5.74, 6) is -0.407. The summed E-state index contributed by atoms with van der Waals surface area (Å²) >= 11 is 0. The number of nitrogens with one attached hydrogen (secondary N) is 2. The van der Waals surface area contributed by atoms with E-state index >= 15 is 0 Å². The third-order valence-electron chi connectivity index (χ3n) is 2.76. The number of imidazole rings is 1. The van der Waals surface area contributed by atoms with Gasteiger partial charge in [0, 0.05) is 18.5 Å². The predicted molar refractivity (Wildman–Crippen MR) is 72.7 cm³/mol.